The first-order chi connectivity index (χ1) is 12.6. The van der Waals surface area contributed by atoms with Gasteiger partial charge in [-0.15, -0.1) is 0 Å². The molecule has 0 aromatic heterocycles. The molecule has 2 rings (SSSR count). The van der Waals surface area contributed by atoms with Gasteiger partial charge in [-0.05, 0) is 35.8 Å². The van der Waals surface area contributed by atoms with Crippen LogP contribution in [0.25, 0.3) is 0 Å². The lowest BCUT2D eigenvalue weighted by atomic mass is 9.71. The second-order valence-electron chi connectivity index (χ2n) is 8.03. The van der Waals surface area contributed by atoms with E-state index in [0.717, 1.165) is 24.0 Å². The topological polar surface area (TPSA) is 20.2 Å². The molecule has 1 nitrogen and oxygen atoms in total. The molecule has 142 valence electrons. The third kappa shape index (κ3) is 5.45. The molecule has 0 fully saturated rings. The van der Waals surface area contributed by atoms with Gasteiger partial charge in [0, 0.05) is 0 Å². The molecule has 0 bridgehead atoms. The molecule has 1 heteroatoms. The fourth-order valence-corrected chi connectivity index (χ4v) is 4.08. The van der Waals surface area contributed by atoms with Crippen molar-refractivity contribution >= 4 is 0 Å². The summed E-state index contributed by atoms with van der Waals surface area (Å²) in [5.41, 5.74) is 1.12. The average molecular weight is 353 g/mol. The summed E-state index contributed by atoms with van der Waals surface area (Å²) in [6, 6.07) is 20.5. The van der Waals surface area contributed by atoms with Crippen molar-refractivity contribution < 1.29 is 5.11 Å². The highest BCUT2D eigenvalue weighted by Crippen LogP contribution is 2.42. The zero-order valence-corrected chi connectivity index (χ0v) is 16.8. The second kappa shape index (κ2) is 10.5. The van der Waals surface area contributed by atoms with Crippen molar-refractivity contribution in [3.8, 4) is 0 Å². The lowest BCUT2D eigenvalue weighted by Gasteiger charge is -2.38. The summed E-state index contributed by atoms with van der Waals surface area (Å²) < 4.78 is 0. The third-order valence-corrected chi connectivity index (χ3v) is 5.43. The van der Waals surface area contributed by atoms with E-state index in [1.165, 1.54) is 32.1 Å². The molecule has 0 radical (unpaired) electrons. The summed E-state index contributed by atoms with van der Waals surface area (Å²) in [5.74, 6) is 0.795. The van der Waals surface area contributed by atoms with E-state index >= 15 is 0 Å². The molecule has 0 aliphatic carbocycles. The Morgan fingerprint density at radius 3 is 1.73 bits per heavy atom. The quantitative estimate of drug-likeness (QED) is 0.434. The lowest BCUT2D eigenvalue weighted by Crippen LogP contribution is -2.37. The molecular formula is C25H36O. The number of hydrogen-bond donors (Lipinski definition) is 1. The molecule has 0 saturated heterocycles. The van der Waals surface area contributed by atoms with Gasteiger partial charge < -0.3 is 5.11 Å². The van der Waals surface area contributed by atoms with Gasteiger partial charge in [0.2, 0.25) is 0 Å². The van der Waals surface area contributed by atoms with Gasteiger partial charge in [-0.3, -0.25) is 0 Å². The SMILES string of the molecule is CCCCCCCC(CC(C)C)C(O)(c1ccccc1)c1ccccc1. The van der Waals surface area contributed by atoms with Gasteiger partial charge >= 0.3 is 0 Å². The van der Waals surface area contributed by atoms with Crippen LogP contribution in [0.5, 0.6) is 0 Å². The van der Waals surface area contributed by atoms with Gasteiger partial charge in [0.1, 0.15) is 5.60 Å². The fourth-order valence-electron chi connectivity index (χ4n) is 4.08. The van der Waals surface area contributed by atoms with E-state index in [2.05, 4.69) is 45.0 Å². The van der Waals surface area contributed by atoms with Crippen molar-refractivity contribution in [2.24, 2.45) is 11.8 Å². The van der Waals surface area contributed by atoms with Crippen molar-refractivity contribution in [3.05, 3.63) is 71.8 Å². The van der Waals surface area contributed by atoms with Crippen LogP contribution in [0, 0.1) is 11.8 Å². The van der Waals surface area contributed by atoms with Crippen LogP contribution in [-0.4, -0.2) is 5.11 Å². The Hall–Kier alpha value is -1.60. The monoisotopic (exact) mass is 352 g/mol. The maximum Gasteiger partial charge on any atom is 0.117 e. The van der Waals surface area contributed by atoms with Crippen LogP contribution in [0.1, 0.15) is 76.8 Å². The third-order valence-electron chi connectivity index (χ3n) is 5.43. The first kappa shape index (κ1) is 20.7. The molecule has 0 amide bonds. The minimum absolute atomic E-state index is 0.230. The van der Waals surface area contributed by atoms with Gasteiger partial charge in [-0.2, -0.15) is 0 Å². The highest BCUT2D eigenvalue weighted by Gasteiger charge is 2.39. The first-order valence-corrected chi connectivity index (χ1v) is 10.4. The molecule has 26 heavy (non-hydrogen) atoms. The molecule has 1 unspecified atom stereocenters. The minimum atomic E-state index is -0.919. The van der Waals surface area contributed by atoms with Crippen molar-refractivity contribution in [1.82, 2.24) is 0 Å². The Morgan fingerprint density at radius 1 is 0.769 bits per heavy atom. The van der Waals surface area contributed by atoms with Crippen LogP contribution in [-0.2, 0) is 5.60 Å². The zero-order chi connectivity index (χ0) is 18.8. The van der Waals surface area contributed by atoms with Crippen molar-refractivity contribution in [1.29, 1.82) is 0 Å². The summed E-state index contributed by atoms with van der Waals surface area (Å²) in [7, 11) is 0. The van der Waals surface area contributed by atoms with Crippen LogP contribution in [0.2, 0.25) is 0 Å². The number of unbranched alkanes of at least 4 members (excludes halogenated alkanes) is 4. The van der Waals surface area contributed by atoms with E-state index < -0.39 is 5.60 Å². The molecule has 0 heterocycles. The van der Waals surface area contributed by atoms with E-state index in [0.29, 0.717) is 5.92 Å². The Bertz CT molecular complexity index is 563. The van der Waals surface area contributed by atoms with Gasteiger partial charge in [0.05, 0.1) is 0 Å². The molecule has 0 saturated carbocycles. The fraction of sp³-hybridized carbons (Fsp3) is 0.520. The smallest absolute Gasteiger partial charge is 0.117 e. The number of rotatable bonds is 11. The van der Waals surface area contributed by atoms with Crippen LogP contribution in [0.3, 0.4) is 0 Å². The summed E-state index contributed by atoms with van der Waals surface area (Å²) >= 11 is 0. The van der Waals surface area contributed by atoms with Crippen LogP contribution in [0.15, 0.2) is 60.7 Å². The van der Waals surface area contributed by atoms with E-state index in [-0.39, 0.29) is 5.92 Å². The second-order valence-corrected chi connectivity index (χ2v) is 8.03. The minimum Gasteiger partial charge on any atom is -0.380 e. The maximum absolute atomic E-state index is 12.1. The Morgan fingerprint density at radius 2 is 1.27 bits per heavy atom. The Labute approximate surface area is 160 Å². The van der Waals surface area contributed by atoms with Gasteiger partial charge in [-0.25, -0.2) is 0 Å². The van der Waals surface area contributed by atoms with Crippen molar-refractivity contribution in [3.63, 3.8) is 0 Å². The molecule has 2 aromatic carbocycles. The predicted molar refractivity (Wildman–Crippen MR) is 112 cm³/mol. The molecule has 1 N–H and O–H groups in total. The van der Waals surface area contributed by atoms with Gasteiger partial charge in [-0.1, -0.05) is 114 Å². The van der Waals surface area contributed by atoms with Crippen LogP contribution in [0.4, 0.5) is 0 Å². The van der Waals surface area contributed by atoms with E-state index in [1.807, 2.05) is 36.4 Å². The lowest BCUT2D eigenvalue weighted by molar-refractivity contribution is 0.00149. The molecule has 0 spiro atoms. The number of hydrogen-bond acceptors (Lipinski definition) is 1. The summed E-state index contributed by atoms with van der Waals surface area (Å²) in [6.07, 6.45) is 8.46. The van der Waals surface area contributed by atoms with E-state index in [4.69, 9.17) is 0 Å². The summed E-state index contributed by atoms with van der Waals surface area (Å²) in [6.45, 7) is 6.78. The van der Waals surface area contributed by atoms with Crippen molar-refractivity contribution in [2.75, 3.05) is 0 Å². The Kier molecular flexibility index (Phi) is 8.38. The standard InChI is InChI=1S/C25H36O/c1-4-5-6-7-10-19-24(20-21(2)3)25(26,22-15-11-8-12-16-22)23-17-13-9-14-18-23/h8-9,11-18,21,24,26H,4-7,10,19-20H2,1-3H3. The van der Waals surface area contributed by atoms with Crippen LogP contribution < -0.4 is 0 Å². The Balaban J connectivity index is 2.32. The average Bonchev–Trinajstić information content (AvgIpc) is 2.67. The molecular weight excluding hydrogens is 316 g/mol. The van der Waals surface area contributed by atoms with Gasteiger partial charge in [0.25, 0.3) is 0 Å². The number of aliphatic hydroxyl groups is 1. The molecule has 2 aromatic rings. The normalized spacial score (nSPS) is 13.1. The zero-order valence-electron chi connectivity index (χ0n) is 16.8. The molecule has 1 atom stereocenters. The maximum atomic E-state index is 12.1. The predicted octanol–water partition coefficient (Wildman–Crippen LogP) is 6.95. The van der Waals surface area contributed by atoms with Crippen LogP contribution >= 0.6 is 0 Å². The molecule has 0 aliphatic heterocycles. The van der Waals surface area contributed by atoms with E-state index in [9.17, 15) is 5.11 Å². The summed E-state index contributed by atoms with van der Waals surface area (Å²) in [4.78, 5) is 0. The molecule has 0 aliphatic rings. The van der Waals surface area contributed by atoms with Gasteiger partial charge in [0.15, 0.2) is 0 Å². The highest BCUT2D eigenvalue weighted by molar-refractivity contribution is 5.37. The highest BCUT2D eigenvalue weighted by atomic mass is 16.3. The first-order valence-electron chi connectivity index (χ1n) is 10.4. The summed E-state index contributed by atoms with van der Waals surface area (Å²) in [5, 5.41) is 12.1. The largest absolute Gasteiger partial charge is 0.380 e. The van der Waals surface area contributed by atoms with Crippen molar-refractivity contribution in [2.45, 2.75) is 71.3 Å². The van der Waals surface area contributed by atoms with E-state index in [1.54, 1.807) is 0 Å². The number of benzene rings is 2.